The average molecular weight is 372 g/mol. The number of halogens is 1. The van der Waals surface area contributed by atoms with Gasteiger partial charge in [0.15, 0.2) is 0 Å². The van der Waals surface area contributed by atoms with Crippen molar-refractivity contribution >= 4 is 34.6 Å². The Morgan fingerprint density at radius 1 is 1.37 bits per heavy atom. The van der Waals surface area contributed by atoms with E-state index < -0.39 is 16.4 Å². The Bertz CT molecular complexity index is 918. The van der Waals surface area contributed by atoms with Crippen molar-refractivity contribution in [2.24, 2.45) is 0 Å². The van der Waals surface area contributed by atoms with Gasteiger partial charge in [0.2, 0.25) is 17.6 Å². The van der Waals surface area contributed by atoms with Crippen LogP contribution in [0, 0.1) is 15.9 Å². The number of carbonyl (C=O) groups excluding carboxylic acids is 2. The van der Waals surface area contributed by atoms with Gasteiger partial charge in [0.25, 0.3) is 0 Å². The lowest BCUT2D eigenvalue weighted by atomic mass is 10.1. The van der Waals surface area contributed by atoms with Gasteiger partial charge >= 0.3 is 5.69 Å². The molecule has 2 aromatic carbocycles. The monoisotopic (exact) mass is 372 g/mol. The molecule has 2 amide bonds. The van der Waals surface area contributed by atoms with Crippen LogP contribution in [0.1, 0.15) is 13.3 Å². The van der Waals surface area contributed by atoms with Crippen LogP contribution in [0.15, 0.2) is 42.5 Å². The van der Waals surface area contributed by atoms with Gasteiger partial charge in [-0.2, -0.15) is 4.39 Å². The third kappa shape index (κ3) is 3.86. The predicted octanol–water partition coefficient (Wildman–Crippen LogP) is 2.91. The van der Waals surface area contributed by atoms with Gasteiger partial charge in [-0.05, 0) is 31.2 Å². The first-order chi connectivity index (χ1) is 12.9. The summed E-state index contributed by atoms with van der Waals surface area (Å²) in [6.07, 6.45) is 0.141. The van der Waals surface area contributed by atoms with Gasteiger partial charge in [0, 0.05) is 24.2 Å². The van der Waals surface area contributed by atoms with E-state index in [2.05, 4.69) is 10.6 Å². The van der Waals surface area contributed by atoms with Crippen molar-refractivity contribution in [2.75, 3.05) is 22.1 Å². The maximum atomic E-state index is 13.4. The molecular weight excluding hydrogens is 355 g/mol. The van der Waals surface area contributed by atoms with Crippen LogP contribution >= 0.6 is 0 Å². The van der Waals surface area contributed by atoms with E-state index in [-0.39, 0.29) is 36.5 Å². The zero-order chi connectivity index (χ0) is 19.6. The molecule has 2 aromatic rings. The van der Waals surface area contributed by atoms with Crippen LogP contribution in [-0.4, -0.2) is 29.3 Å². The second-order valence-electron chi connectivity index (χ2n) is 6.16. The molecule has 1 unspecified atom stereocenters. The highest BCUT2D eigenvalue weighted by atomic mass is 19.1. The lowest BCUT2D eigenvalue weighted by molar-refractivity contribution is -0.387. The summed E-state index contributed by atoms with van der Waals surface area (Å²) in [5.41, 5.74) is 0.697. The van der Waals surface area contributed by atoms with Crippen molar-refractivity contribution in [3.05, 3.63) is 58.4 Å². The molecule has 1 aliphatic rings. The molecule has 3 rings (SSSR count). The first-order valence-corrected chi connectivity index (χ1v) is 8.25. The van der Waals surface area contributed by atoms with Crippen molar-refractivity contribution in [1.29, 1.82) is 0 Å². The minimum Gasteiger partial charge on any atom is -0.376 e. The Kier molecular flexibility index (Phi) is 5.02. The molecular formula is C18H17FN4O4. The third-order valence-electron chi connectivity index (χ3n) is 4.21. The third-order valence-corrected chi connectivity index (χ3v) is 4.21. The molecule has 0 bridgehead atoms. The molecule has 8 nitrogen and oxygen atoms in total. The summed E-state index contributed by atoms with van der Waals surface area (Å²) in [5.74, 6) is -1.46. The summed E-state index contributed by atoms with van der Waals surface area (Å²) in [5, 5.41) is 16.4. The van der Waals surface area contributed by atoms with Gasteiger partial charge in [0.05, 0.1) is 22.8 Å². The van der Waals surface area contributed by atoms with Crippen molar-refractivity contribution in [3.8, 4) is 0 Å². The number of hydrogen-bond acceptors (Lipinski definition) is 5. The van der Waals surface area contributed by atoms with Crippen molar-refractivity contribution in [1.82, 2.24) is 0 Å². The maximum absolute atomic E-state index is 13.4. The number of para-hydroxylation sites is 2. The van der Waals surface area contributed by atoms with Crippen LogP contribution in [0.2, 0.25) is 0 Å². The second kappa shape index (κ2) is 7.40. The SMILES string of the molecule is CC1CC(=O)Nc2ccccc2N1C(=O)CNc1ccc(F)c([N+](=O)[O-])c1. The largest absolute Gasteiger partial charge is 0.376 e. The van der Waals surface area contributed by atoms with Gasteiger partial charge in [0.1, 0.15) is 0 Å². The minimum absolute atomic E-state index is 0.141. The number of carbonyl (C=O) groups is 2. The summed E-state index contributed by atoms with van der Waals surface area (Å²) in [4.78, 5) is 36.3. The fourth-order valence-electron chi connectivity index (χ4n) is 2.99. The molecule has 0 spiro atoms. The zero-order valence-corrected chi connectivity index (χ0v) is 14.4. The molecule has 1 aliphatic heterocycles. The van der Waals surface area contributed by atoms with Crippen LogP contribution < -0.4 is 15.5 Å². The van der Waals surface area contributed by atoms with E-state index in [0.717, 1.165) is 12.1 Å². The fraction of sp³-hybridized carbons (Fsp3) is 0.222. The quantitative estimate of drug-likeness (QED) is 0.634. The molecule has 9 heteroatoms. The molecule has 0 aliphatic carbocycles. The average Bonchev–Trinajstić information content (AvgIpc) is 2.74. The number of anilines is 3. The molecule has 0 aromatic heterocycles. The number of nitro groups is 1. The fourth-order valence-corrected chi connectivity index (χ4v) is 2.99. The second-order valence-corrected chi connectivity index (χ2v) is 6.16. The van der Waals surface area contributed by atoms with Crippen LogP contribution in [0.5, 0.6) is 0 Å². The number of nitrogens with one attached hydrogen (secondary N) is 2. The lowest BCUT2D eigenvalue weighted by Crippen LogP contribution is -2.42. The Hall–Kier alpha value is -3.49. The number of fused-ring (bicyclic) bond motifs is 1. The van der Waals surface area contributed by atoms with E-state index in [1.165, 1.54) is 11.0 Å². The van der Waals surface area contributed by atoms with Crippen molar-refractivity contribution in [2.45, 2.75) is 19.4 Å². The summed E-state index contributed by atoms with van der Waals surface area (Å²) in [6.45, 7) is 1.60. The summed E-state index contributed by atoms with van der Waals surface area (Å²) in [7, 11) is 0. The van der Waals surface area contributed by atoms with E-state index in [4.69, 9.17) is 0 Å². The summed E-state index contributed by atoms with van der Waals surface area (Å²) in [6, 6.07) is 9.92. The van der Waals surface area contributed by atoms with E-state index in [9.17, 15) is 24.1 Å². The lowest BCUT2D eigenvalue weighted by Gasteiger charge is -2.28. The van der Waals surface area contributed by atoms with E-state index in [1.807, 2.05) is 0 Å². The number of benzene rings is 2. The van der Waals surface area contributed by atoms with E-state index in [1.54, 1.807) is 31.2 Å². The van der Waals surface area contributed by atoms with Crippen LogP contribution in [0.3, 0.4) is 0 Å². The Balaban J connectivity index is 1.80. The Labute approximate surface area is 154 Å². The molecule has 0 fully saturated rings. The molecule has 27 heavy (non-hydrogen) atoms. The van der Waals surface area contributed by atoms with Crippen LogP contribution in [0.4, 0.5) is 27.1 Å². The first kappa shape index (κ1) is 18.3. The van der Waals surface area contributed by atoms with E-state index in [0.29, 0.717) is 11.4 Å². The van der Waals surface area contributed by atoms with Gasteiger partial charge in [-0.1, -0.05) is 12.1 Å². The van der Waals surface area contributed by atoms with Gasteiger partial charge < -0.3 is 15.5 Å². The molecule has 1 heterocycles. The molecule has 140 valence electrons. The van der Waals surface area contributed by atoms with Crippen LogP contribution in [-0.2, 0) is 9.59 Å². The first-order valence-electron chi connectivity index (χ1n) is 8.25. The highest BCUT2D eigenvalue weighted by molar-refractivity contribution is 6.05. The van der Waals surface area contributed by atoms with Gasteiger partial charge in [-0.3, -0.25) is 19.7 Å². The predicted molar refractivity (Wildman–Crippen MR) is 98.2 cm³/mol. The Morgan fingerprint density at radius 2 is 2.11 bits per heavy atom. The number of amides is 2. The molecule has 2 N–H and O–H groups in total. The number of rotatable bonds is 4. The van der Waals surface area contributed by atoms with Crippen molar-refractivity contribution in [3.63, 3.8) is 0 Å². The van der Waals surface area contributed by atoms with Crippen molar-refractivity contribution < 1.29 is 18.9 Å². The Morgan fingerprint density at radius 3 is 2.85 bits per heavy atom. The zero-order valence-electron chi connectivity index (χ0n) is 14.4. The summed E-state index contributed by atoms with van der Waals surface area (Å²) < 4.78 is 13.4. The van der Waals surface area contributed by atoms with E-state index >= 15 is 0 Å². The number of nitrogens with zero attached hydrogens (tertiary/aromatic N) is 2. The number of nitro benzene ring substituents is 1. The molecule has 0 saturated heterocycles. The topological polar surface area (TPSA) is 105 Å². The minimum atomic E-state index is -0.948. The molecule has 1 atom stereocenters. The summed E-state index contributed by atoms with van der Waals surface area (Å²) >= 11 is 0. The number of hydrogen-bond donors (Lipinski definition) is 2. The maximum Gasteiger partial charge on any atom is 0.306 e. The van der Waals surface area contributed by atoms with Crippen LogP contribution in [0.25, 0.3) is 0 Å². The standard InChI is InChI=1S/C18H17FN4O4/c1-11-8-17(24)21-14-4-2-3-5-15(14)22(11)18(25)10-20-12-6-7-13(19)16(9-12)23(26)27/h2-7,9,11,20H,8,10H2,1H3,(H,21,24). The highest BCUT2D eigenvalue weighted by Crippen LogP contribution is 2.31. The smallest absolute Gasteiger partial charge is 0.306 e. The van der Waals surface area contributed by atoms with Gasteiger partial charge in [-0.15, -0.1) is 0 Å². The normalized spacial score (nSPS) is 16.1. The molecule has 0 radical (unpaired) electrons. The highest BCUT2D eigenvalue weighted by Gasteiger charge is 2.29. The molecule has 0 saturated carbocycles. The van der Waals surface area contributed by atoms with Gasteiger partial charge in [-0.25, -0.2) is 0 Å².